The first-order valence-electron chi connectivity index (χ1n) is 3.58. The van der Waals surface area contributed by atoms with Crippen molar-refractivity contribution in [2.75, 3.05) is 7.11 Å². The molecule has 0 amide bonds. The number of ether oxygens (including phenoxy) is 1. The fourth-order valence-electron chi connectivity index (χ4n) is 1.45. The van der Waals surface area contributed by atoms with Crippen molar-refractivity contribution in [1.82, 2.24) is 0 Å². The molecule has 1 aliphatic rings. The average Bonchev–Trinajstić information content (AvgIpc) is 2.62. The van der Waals surface area contributed by atoms with Crippen LogP contribution in [0.4, 0.5) is 0 Å². The molecular weight excluding hydrogens is 130 g/mol. The van der Waals surface area contributed by atoms with E-state index in [-0.39, 0.29) is 11.7 Å². The van der Waals surface area contributed by atoms with E-state index in [0.717, 1.165) is 6.42 Å². The van der Waals surface area contributed by atoms with Crippen molar-refractivity contribution in [1.29, 1.82) is 0 Å². The Balaban J connectivity index is 2.50. The SMILES string of the molecule is CO[C@@]1(C(C)C)CC1ON. The zero-order chi connectivity index (χ0) is 7.78. The number of methoxy groups -OCH3 is 1. The molecule has 0 saturated heterocycles. The Labute approximate surface area is 61.4 Å². The highest BCUT2D eigenvalue weighted by atomic mass is 16.7. The fraction of sp³-hybridized carbons (Fsp3) is 1.00. The Bertz CT molecular complexity index is 127. The summed E-state index contributed by atoms with van der Waals surface area (Å²) in [6.45, 7) is 4.23. The van der Waals surface area contributed by atoms with E-state index < -0.39 is 0 Å². The Morgan fingerprint density at radius 3 is 2.30 bits per heavy atom. The van der Waals surface area contributed by atoms with Crippen molar-refractivity contribution in [3.8, 4) is 0 Å². The Kier molecular flexibility index (Phi) is 1.99. The second-order valence-electron chi connectivity index (χ2n) is 3.14. The minimum atomic E-state index is -0.0885. The lowest BCUT2D eigenvalue weighted by Crippen LogP contribution is -2.27. The molecule has 0 spiro atoms. The Morgan fingerprint density at radius 1 is 1.60 bits per heavy atom. The zero-order valence-corrected chi connectivity index (χ0v) is 6.76. The van der Waals surface area contributed by atoms with Crippen molar-refractivity contribution in [3.63, 3.8) is 0 Å². The smallest absolute Gasteiger partial charge is 0.111 e. The first-order chi connectivity index (χ1) is 4.67. The monoisotopic (exact) mass is 145 g/mol. The van der Waals surface area contributed by atoms with Crippen molar-refractivity contribution in [2.45, 2.75) is 32.0 Å². The van der Waals surface area contributed by atoms with Crippen molar-refractivity contribution in [3.05, 3.63) is 0 Å². The highest BCUT2D eigenvalue weighted by Gasteiger charge is 2.58. The molecule has 60 valence electrons. The van der Waals surface area contributed by atoms with Crippen LogP contribution >= 0.6 is 0 Å². The van der Waals surface area contributed by atoms with Gasteiger partial charge in [-0.25, -0.2) is 5.90 Å². The fourth-order valence-corrected chi connectivity index (χ4v) is 1.45. The van der Waals surface area contributed by atoms with Gasteiger partial charge in [0.25, 0.3) is 0 Å². The van der Waals surface area contributed by atoms with Crippen LogP contribution in [0.3, 0.4) is 0 Å². The van der Waals surface area contributed by atoms with Gasteiger partial charge in [-0.15, -0.1) is 0 Å². The summed E-state index contributed by atoms with van der Waals surface area (Å²) in [5.74, 6) is 5.52. The molecule has 0 aromatic heterocycles. The van der Waals surface area contributed by atoms with Gasteiger partial charge >= 0.3 is 0 Å². The third kappa shape index (κ3) is 0.944. The normalized spacial score (nSPS) is 38.7. The molecule has 1 saturated carbocycles. The first kappa shape index (κ1) is 7.98. The number of nitrogens with two attached hydrogens (primary N) is 1. The van der Waals surface area contributed by atoms with Gasteiger partial charge in [0.15, 0.2) is 0 Å². The molecule has 0 aromatic rings. The highest BCUT2D eigenvalue weighted by molar-refractivity contribution is 5.08. The summed E-state index contributed by atoms with van der Waals surface area (Å²) in [6, 6.07) is 0. The van der Waals surface area contributed by atoms with Crippen LogP contribution in [0, 0.1) is 5.92 Å². The maximum atomic E-state index is 5.31. The van der Waals surface area contributed by atoms with E-state index >= 15 is 0 Å². The van der Waals surface area contributed by atoms with Crippen LogP contribution in [-0.2, 0) is 9.57 Å². The van der Waals surface area contributed by atoms with Crippen LogP contribution in [0.15, 0.2) is 0 Å². The highest BCUT2D eigenvalue weighted by Crippen LogP contribution is 2.47. The van der Waals surface area contributed by atoms with Gasteiger partial charge in [-0.1, -0.05) is 13.8 Å². The second-order valence-corrected chi connectivity index (χ2v) is 3.14. The third-order valence-electron chi connectivity index (χ3n) is 2.41. The molecule has 1 rings (SSSR count). The molecule has 2 atom stereocenters. The molecule has 1 unspecified atom stereocenters. The summed E-state index contributed by atoms with van der Waals surface area (Å²) in [5.41, 5.74) is -0.0885. The molecule has 0 bridgehead atoms. The summed E-state index contributed by atoms with van der Waals surface area (Å²) >= 11 is 0. The van der Waals surface area contributed by atoms with Gasteiger partial charge in [0, 0.05) is 13.5 Å². The average molecular weight is 145 g/mol. The lowest BCUT2D eigenvalue weighted by Gasteiger charge is -2.18. The van der Waals surface area contributed by atoms with E-state index in [9.17, 15) is 0 Å². The quantitative estimate of drug-likeness (QED) is 0.594. The summed E-state index contributed by atoms with van der Waals surface area (Å²) in [5, 5.41) is 0. The van der Waals surface area contributed by atoms with Gasteiger partial charge in [0.05, 0.1) is 0 Å². The van der Waals surface area contributed by atoms with Crippen LogP contribution in [0.2, 0.25) is 0 Å². The molecule has 1 aliphatic carbocycles. The molecule has 0 heterocycles. The maximum Gasteiger partial charge on any atom is 0.111 e. The molecule has 1 fully saturated rings. The van der Waals surface area contributed by atoms with E-state index in [0.29, 0.717) is 5.92 Å². The Hall–Kier alpha value is -0.120. The van der Waals surface area contributed by atoms with Gasteiger partial charge in [-0.05, 0) is 5.92 Å². The molecule has 3 nitrogen and oxygen atoms in total. The van der Waals surface area contributed by atoms with Crippen molar-refractivity contribution >= 4 is 0 Å². The largest absolute Gasteiger partial charge is 0.375 e. The topological polar surface area (TPSA) is 44.5 Å². The van der Waals surface area contributed by atoms with Crippen LogP contribution < -0.4 is 5.90 Å². The van der Waals surface area contributed by atoms with Gasteiger partial charge in [0.2, 0.25) is 0 Å². The minimum absolute atomic E-state index is 0.0885. The molecule has 0 aliphatic heterocycles. The van der Waals surface area contributed by atoms with Gasteiger partial charge in [-0.3, -0.25) is 4.84 Å². The number of hydrogen-bond donors (Lipinski definition) is 1. The predicted molar refractivity (Wildman–Crippen MR) is 38.3 cm³/mol. The Morgan fingerprint density at radius 2 is 2.20 bits per heavy atom. The first-order valence-corrected chi connectivity index (χ1v) is 3.58. The van der Waals surface area contributed by atoms with Crippen LogP contribution in [0.5, 0.6) is 0 Å². The minimum Gasteiger partial charge on any atom is -0.375 e. The van der Waals surface area contributed by atoms with Gasteiger partial charge in [-0.2, -0.15) is 0 Å². The summed E-state index contributed by atoms with van der Waals surface area (Å²) < 4.78 is 5.31. The lowest BCUT2D eigenvalue weighted by molar-refractivity contribution is -0.0224. The summed E-state index contributed by atoms with van der Waals surface area (Å²) in [7, 11) is 1.71. The second kappa shape index (κ2) is 2.49. The predicted octanol–water partition coefficient (Wildman–Crippen LogP) is 0.690. The number of hydrogen-bond acceptors (Lipinski definition) is 3. The van der Waals surface area contributed by atoms with E-state index in [1.807, 2.05) is 0 Å². The molecule has 2 N–H and O–H groups in total. The van der Waals surface area contributed by atoms with Gasteiger partial charge in [0.1, 0.15) is 11.7 Å². The summed E-state index contributed by atoms with van der Waals surface area (Å²) in [6.07, 6.45) is 1.04. The van der Waals surface area contributed by atoms with Crippen LogP contribution in [0.1, 0.15) is 20.3 Å². The molecular formula is C7H15NO2. The van der Waals surface area contributed by atoms with Gasteiger partial charge < -0.3 is 4.74 Å². The van der Waals surface area contributed by atoms with Crippen molar-refractivity contribution in [2.24, 2.45) is 11.8 Å². The number of rotatable bonds is 3. The van der Waals surface area contributed by atoms with E-state index in [1.165, 1.54) is 0 Å². The standard InChI is InChI=1S/C7H15NO2/c1-5(2)7(9-3)4-6(7)10-8/h5-6H,4,8H2,1-3H3/t6?,7-/m1/s1. The molecule has 0 radical (unpaired) electrons. The zero-order valence-electron chi connectivity index (χ0n) is 6.76. The molecule has 0 aromatic carbocycles. The van der Waals surface area contributed by atoms with Crippen LogP contribution in [-0.4, -0.2) is 18.8 Å². The van der Waals surface area contributed by atoms with E-state index in [2.05, 4.69) is 13.8 Å². The third-order valence-corrected chi connectivity index (χ3v) is 2.41. The molecule has 3 heteroatoms. The van der Waals surface area contributed by atoms with E-state index in [1.54, 1.807) is 7.11 Å². The van der Waals surface area contributed by atoms with Crippen molar-refractivity contribution < 1.29 is 9.57 Å². The summed E-state index contributed by atoms with van der Waals surface area (Å²) in [4.78, 5) is 4.70. The van der Waals surface area contributed by atoms with Crippen LogP contribution in [0.25, 0.3) is 0 Å². The van der Waals surface area contributed by atoms with E-state index in [4.69, 9.17) is 15.5 Å². The lowest BCUT2D eigenvalue weighted by atomic mass is 10.1. The molecule has 10 heavy (non-hydrogen) atoms. The maximum absolute atomic E-state index is 5.31.